The zero-order valence-corrected chi connectivity index (χ0v) is 18.9. The van der Waals surface area contributed by atoms with Crippen LogP contribution in [0.25, 0.3) is 10.1 Å². The molecule has 3 aromatic rings. The van der Waals surface area contributed by atoms with Crippen molar-refractivity contribution >= 4 is 69.4 Å². The predicted octanol–water partition coefficient (Wildman–Crippen LogP) is 9.16. The SMILES string of the molecule is O=P(C=C(Cl)c1ccccc1)(/C=C(/Cl)c1ccccc1)Nc1cc(Cl)cc(Cl)c1. The van der Waals surface area contributed by atoms with E-state index < -0.39 is 7.29 Å². The summed E-state index contributed by atoms with van der Waals surface area (Å²) >= 11 is 25.1. The van der Waals surface area contributed by atoms with Crippen LogP contribution in [0, 0.1) is 0 Å². The lowest BCUT2D eigenvalue weighted by Gasteiger charge is -2.16. The molecule has 0 bridgehead atoms. The molecule has 3 aromatic carbocycles. The summed E-state index contributed by atoms with van der Waals surface area (Å²) in [6.07, 6.45) is 0. The van der Waals surface area contributed by atoms with Gasteiger partial charge in [0.2, 0.25) is 7.29 Å². The zero-order valence-electron chi connectivity index (χ0n) is 15.0. The van der Waals surface area contributed by atoms with E-state index in [1.165, 1.54) is 11.6 Å². The molecule has 3 rings (SSSR count). The molecule has 7 heteroatoms. The van der Waals surface area contributed by atoms with Gasteiger partial charge in [-0.3, -0.25) is 4.57 Å². The van der Waals surface area contributed by atoms with Gasteiger partial charge in [-0.05, 0) is 29.3 Å². The topological polar surface area (TPSA) is 29.1 Å². The van der Waals surface area contributed by atoms with Gasteiger partial charge in [-0.2, -0.15) is 0 Å². The number of hydrogen-bond acceptors (Lipinski definition) is 1. The van der Waals surface area contributed by atoms with Crippen LogP contribution in [0.5, 0.6) is 0 Å². The molecule has 0 aliphatic carbocycles. The molecule has 0 heterocycles. The Hall–Kier alpha value is -1.67. The molecule has 0 aliphatic rings. The zero-order chi connectivity index (χ0) is 20.9. The van der Waals surface area contributed by atoms with Crippen LogP contribution in [0.1, 0.15) is 11.1 Å². The van der Waals surface area contributed by atoms with Crippen LogP contribution in [0.3, 0.4) is 0 Å². The van der Waals surface area contributed by atoms with E-state index >= 15 is 0 Å². The van der Waals surface area contributed by atoms with Gasteiger partial charge in [0, 0.05) is 27.4 Å². The van der Waals surface area contributed by atoms with Crippen LogP contribution in [-0.4, -0.2) is 0 Å². The molecular formula is C22H16Cl4NOP. The van der Waals surface area contributed by atoms with E-state index in [-0.39, 0.29) is 0 Å². The molecule has 148 valence electrons. The fourth-order valence-corrected chi connectivity index (χ4v) is 5.96. The second-order valence-electron chi connectivity index (χ2n) is 6.17. The minimum atomic E-state index is -3.38. The highest BCUT2D eigenvalue weighted by Gasteiger charge is 2.20. The fraction of sp³-hybridized carbons (Fsp3) is 0. The van der Waals surface area contributed by atoms with Crippen LogP contribution in [0.4, 0.5) is 5.69 Å². The van der Waals surface area contributed by atoms with E-state index in [2.05, 4.69) is 5.09 Å². The molecule has 0 radical (unpaired) electrons. The average molecular weight is 483 g/mol. The first kappa shape index (κ1) is 22.0. The van der Waals surface area contributed by atoms with E-state index in [0.717, 1.165) is 11.1 Å². The quantitative estimate of drug-likeness (QED) is 0.355. The second-order valence-corrected chi connectivity index (χ2v) is 10.0. The fourth-order valence-electron chi connectivity index (χ4n) is 2.60. The van der Waals surface area contributed by atoms with Gasteiger partial charge in [0.25, 0.3) is 0 Å². The van der Waals surface area contributed by atoms with Gasteiger partial charge >= 0.3 is 0 Å². The Kier molecular flexibility index (Phi) is 7.51. The Labute approximate surface area is 190 Å². The van der Waals surface area contributed by atoms with Gasteiger partial charge in [-0.15, -0.1) is 0 Å². The van der Waals surface area contributed by atoms with Gasteiger partial charge in [0.1, 0.15) is 0 Å². The largest absolute Gasteiger partial charge is 0.330 e. The number of hydrogen-bond donors (Lipinski definition) is 1. The second kappa shape index (κ2) is 9.89. The van der Waals surface area contributed by atoms with Crippen LogP contribution in [0.2, 0.25) is 10.0 Å². The summed E-state index contributed by atoms with van der Waals surface area (Å²) in [5.41, 5.74) is 1.97. The first-order valence-corrected chi connectivity index (χ1v) is 11.9. The Morgan fingerprint density at radius 1 is 0.724 bits per heavy atom. The van der Waals surface area contributed by atoms with E-state index in [1.54, 1.807) is 18.2 Å². The molecule has 0 saturated heterocycles. The summed E-state index contributed by atoms with van der Waals surface area (Å²) in [7, 11) is -3.38. The van der Waals surface area contributed by atoms with Crippen molar-refractivity contribution in [1.82, 2.24) is 0 Å². The third kappa shape index (κ3) is 6.40. The first-order valence-electron chi connectivity index (χ1n) is 8.56. The Morgan fingerprint density at radius 2 is 1.14 bits per heavy atom. The summed E-state index contributed by atoms with van der Waals surface area (Å²) < 4.78 is 13.9. The number of nitrogens with one attached hydrogen (secondary N) is 1. The van der Waals surface area contributed by atoms with Crippen molar-refractivity contribution in [3.8, 4) is 0 Å². The van der Waals surface area contributed by atoms with Gasteiger partial charge in [-0.25, -0.2) is 0 Å². The minimum absolute atomic E-state index is 0.336. The highest BCUT2D eigenvalue weighted by molar-refractivity contribution is 7.72. The molecule has 29 heavy (non-hydrogen) atoms. The molecule has 1 N–H and O–H groups in total. The third-order valence-corrected chi connectivity index (χ3v) is 7.16. The molecule has 1 atom stereocenters. The highest BCUT2D eigenvalue weighted by Crippen LogP contribution is 2.54. The summed E-state index contributed by atoms with van der Waals surface area (Å²) in [6.45, 7) is 0. The Balaban J connectivity index is 2.06. The summed E-state index contributed by atoms with van der Waals surface area (Å²) in [5.74, 6) is 2.95. The number of rotatable bonds is 6. The lowest BCUT2D eigenvalue weighted by Crippen LogP contribution is -1.94. The summed E-state index contributed by atoms with van der Waals surface area (Å²) in [4.78, 5) is 0. The van der Waals surface area contributed by atoms with Gasteiger partial charge in [0.05, 0.1) is 10.1 Å². The number of halogens is 4. The molecular weight excluding hydrogens is 467 g/mol. The normalized spacial score (nSPS) is 14.3. The van der Waals surface area contributed by atoms with Gasteiger partial charge in [0.15, 0.2) is 0 Å². The average Bonchev–Trinajstić information content (AvgIpc) is 2.68. The molecule has 0 fully saturated rings. The molecule has 1 unspecified atom stereocenters. The van der Waals surface area contributed by atoms with Crippen LogP contribution in [0.15, 0.2) is 90.5 Å². The van der Waals surface area contributed by atoms with E-state index in [0.29, 0.717) is 25.8 Å². The van der Waals surface area contributed by atoms with E-state index in [4.69, 9.17) is 46.4 Å². The maximum absolute atomic E-state index is 13.9. The first-order chi connectivity index (χ1) is 13.8. The standard InChI is InChI=1S/C22H16Cl4NOP/c23-18-11-19(24)13-20(12-18)27-29(28,14-21(25)16-7-3-1-4-8-16)15-22(26)17-9-5-2-6-10-17/h1-15H,(H,27,28)/b21-14+,22-15?. The Bertz CT molecular complexity index is 1020. The monoisotopic (exact) mass is 481 g/mol. The van der Waals surface area contributed by atoms with Crippen molar-refractivity contribution in [2.75, 3.05) is 5.09 Å². The Morgan fingerprint density at radius 3 is 1.55 bits per heavy atom. The molecule has 0 spiro atoms. The maximum Gasteiger partial charge on any atom is 0.216 e. The number of anilines is 1. The van der Waals surface area contributed by atoms with Crippen molar-refractivity contribution < 1.29 is 4.57 Å². The van der Waals surface area contributed by atoms with Crippen LogP contribution < -0.4 is 5.09 Å². The number of benzene rings is 3. The summed E-state index contributed by atoms with van der Waals surface area (Å²) in [6, 6.07) is 23.4. The molecule has 0 aromatic heterocycles. The minimum Gasteiger partial charge on any atom is -0.330 e. The maximum atomic E-state index is 13.9. The van der Waals surface area contributed by atoms with Gasteiger partial charge < -0.3 is 5.09 Å². The molecule has 2 nitrogen and oxygen atoms in total. The van der Waals surface area contributed by atoms with Crippen LogP contribution in [-0.2, 0) is 4.57 Å². The highest BCUT2D eigenvalue weighted by atomic mass is 35.5. The lowest BCUT2D eigenvalue weighted by molar-refractivity contribution is 0.589. The molecule has 0 amide bonds. The van der Waals surface area contributed by atoms with Crippen molar-refractivity contribution in [3.63, 3.8) is 0 Å². The van der Waals surface area contributed by atoms with Crippen LogP contribution >= 0.6 is 53.7 Å². The van der Waals surface area contributed by atoms with Crippen molar-refractivity contribution in [3.05, 3.63) is 112 Å². The summed E-state index contributed by atoms with van der Waals surface area (Å²) in [5, 5.41) is 4.51. The smallest absolute Gasteiger partial charge is 0.216 e. The lowest BCUT2D eigenvalue weighted by atomic mass is 10.2. The third-order valence-electron chi connectivity index (χ3n) is 3.88. The molecule has 0 saturated carbocycles. The van der Waals surface area contributed by atoms with Crippen molar-refractivity contribution in [2.45, 2.75) is 0 Å². The van der Waals surface area contributed by atoms with E-state index in [9.17, 15) is 4.57 Å². The predicted molar refractivity (Wildman–Crippen MR) is 128 cm³/mol. The van der Waals surface area contributed by atoms with E-state index in [1.807, 2.05) is 60.7 Å². The molecule has 0 aliphatic heterocycles. The van der Waals surface area contributed by atoms with Crippen molar-refractivity contribution in [2.24, 2.45) is 0 Å². The van der Waals surface area contributed by atoms with Crippen molar-refractivity contribution in [1.29, 1.82) is 0 Å². The van der Waals surface area contributed by atoms with Gasteiger partial charge in [-0.1, -0.05) is 107 Å².